The molecule has 98 valence electrons. The second kappa shape index (κ2) is 5.14. The Morgan fingerprint density at radius 3 is 2.79 bits per heavy atom. The Balaban J connectivity index is 2.61. The number of aromatic nitrogens is 1. The van der Waals surface area contributed by atoms with Crippen LogP contribution < -0.4 is 0 Å². The highest BCUT2D eigenvalue weighted by Crippen LogP contribution is 2.26. The molecule has 0 saturated carbocycles. The van der Waals surface area contributed by atoms with Gasteiger partial charge in [-0.15, -0.1) is 0 Å². The van der Waals surface area contributed by atoms with Gasteiger partial charge in [0.05, 0.1) is 12.1 Å². The number of pyridine rings is 1. The third kappa shape index (κ3) is 2.76. The normalized spacial score (nSPS) is 10.5. The molecule has 0 unspecified atom stereocenters. The molecule has 5 heteroatoms. The van der Waals surface area contributed by atoms with Crippen LogP contribution in [-0.4, -0.2) is 16.1 Å². The molecule has 1 aromatic heterocycles. The Hall–Kier alpha value is -2.30. The van der Waals surface area contributed by atoms with Crippen LogP contribution in [0.4, 0.5) is 8.78 Å². The number of carbonyl (C=O) groups is 1. The highest BCUT2D eigenvalue weighted by molar-refractivity contribution is 5.75. The molecular formula is C14H11F2NO2. The molecule has 0 aliphatic rings. The second-order valence-corrected chi connectivity index (χ2v) is 4.19. The fraction of sp³-hybridized carbons (Fsp3) is 0.143. The molecule has 1 N–H and O–H groups in total. The first-order valence-electron chi connectivity index (χ1n) is 5.60. The monoisotopic (exact) mass is 263 g/mol. The molecule has 3 nitrogen and oxygen atoms in total. The number of carboxylic acids is 1. The van der Waals surface area contributed by atoms with E-state index in [0.717, 1.165) is 11.6 Å². The van der Waals surface area contributed by atoms with Crippen LogP contribution in [0.3, 0.4) is 0 Å². The summed E-state index contributed by atoms with van der Waals surface area (Å²) in [7, 11) is 0. The summed E-state index contributed by atoms with van der Waals surface area (Å²) in [6.45, 7) is 1.75. The number of aryl methyl sites for hydroxylation is 1. The molecule has 0 atom stereocenters. The zero-order valence-electron chi connectivity index (χ0n) is 10.2. The van der Waals surface area contributed by atoms with Gasteiger partial charge in [-0.05, 0) is 30.2 Å². The van der Waals surface area contributed by atoms with Gasteiger partial charge in [-0.2, -0.15) is 0 Å². The van der Waals surface area contributed by atoms with Crippen molar-refractivity contribution in [3.05, 3.63) is 53.2 Å². The van der Waals surface area contributed by atoms with E-state index in [9.17, 15) is 13.6 Å². The van der Waals surface area contributed by atoms with Crippen LogP contribution in [0.1, 0.15) is 11.1 Å². The maximum absolute atomic E-state index is 13.7. The Labute approximate surface area is 108 Å². The molecule has 2 rings (SSSR count). The Morgan fingerprint density at radius 1 is 1.37 bits per heavy atom. The largest absolute Gasteiger partial charge is 0.481 e. The van der Waals surface area contributed by atoms with Gasteiger partial charge in [-0.3, -0.25) is 9.78 Å². The molecule has 0 radical (unpaired) electrons. The number of hydrogen-bond acceptors (Lipinski definition) is 2. The average molecular weight is 263 g/mol. The standard InChI is InChI=1S/C14H11F2NO2/c1-8-5-9(6-12(18)19)14(17-7-8)10-3-2-4-11(15)13(10)16/h2-5,7H,6H2,1H3,(H,18,19). The van der Waals surface area contributed by atoms with Crippen molar-refractivity contribution in [1.29, 1.82) is 0 Å². The quantitative estimate of drug-likeness (QED) is 0.926. The maximum Gasteiger partial charge on any atom is 0.307 e. The molecule has 0 bridgehead atoms. The van der Waals surface area contributed by atoms with Gasteiger partial charge >= 0.3 is 5.97 Å². The van der Waals surface area contributed by atoms with Crippen LogP contribution in [-0.2, 0) is 11.2 Å². The van der Waals surface area contributed by atoms with Gasteiger partial charge < -0.3 is 5.11 Å². The lowest BCUT2D eigenvalue weighted by atomic mass is 10.0. The molecule has 2 aromatic rings. The van der Waals surface area contributed by atoms with E-state index in [2.05, 4.69) is 4.98 Å². The summed E-state index contributed by atoms with van der Waals surface area (Å²) in [5, 5.41) is 8.86. The van der Waals surface area contributed by atoms with Crippen molar-refractivity contribution in [2.24, 2.45) is 0 Å². The zero-order chi connectivity index (χ0) is 14.0. The topological polar surface area (TPSA) is 50.2 Å². The summed E-state index contributed by atoms with van der Waals surface area (Å²) in [5.41, 5.74) is 1.25. The van der Waals surface area contributed by atoms with Crippen molar-refractivity contribution in [3.63, 3.8) is 0 Å². The molecule has 1 heterocycles. The highest BCUT2D eigenvalue weighted by atomic mass is 19.2. The minimum atomic E-state index is -1.05. The molecule has 0 spiro atoms. The lowest BCUT2D eigenvalue weighted by Crippen LogP contribution is -2.05. The first-order chi connectivity index (χ1) is 8.99. The maximum atomic E-state index is 13.7. The summed E-state index contributed by atoms with van der Waals surface area (Å²) in [6.07, 6.45) is 1.20. The average Bonchev–Trinajstić information content (AvgIpc) is 2.33. The molecule has 0 aliphatic carbocycles. The summed E-state index contributed by atoms with van der Waals surface area (Å²) >= 11 is 0. The highest BCUT2D eigenvalue weighted by Gasteiger charge is 2.16. The zero-order valence-corrected chi connectivity index (χ0v) is 10.2. The van der Waals surface area contributed by atoms with E-state index < -0.39 is 17.6 Å². The van der Waals surface area contributed by atoms with Gasteiger partial charge in [0.2, 0.25) is 0 Å². The molecule has 19 heavy (non-hydrogen) atoms. The lowest BCUT2D eigenvalue weighted by molar-refractivity contribution is -0.136. The van der Waals surface area contributed by atoms with Crippen LogP contribution in [0.5, 0.6) is 0 Å². The van der Waals surface area contributed by atoms with Crippen molar-refractivity contribution >= 4 is 5.97 Å². The van der Waals surface area contributed by atoms with Crippen LogP contribution >= 0.6 is 0 Å². The van der Waals surface area contributed by atoms with E-state index in [4.69, 9.17) is 5.11 Å². The SMILES string of the molecule is Cc1cnc(-c2cccc(F)c2F)c(CC(=O)O)c1. The van der Waals surface area contributed by atoms with E-state index in [1.807, 2.05) is 0 Å². The van der Waals surface area contributed by atoms with Crippen molar-refractivity contribution in [1.82, 2.24) is 4.98 Å². The Morgan fingerprint density at radius 2 is 2.11 bits per heavy atom. The van der Waals surface area contributed by atoms with Crippen LogP contribution in [0.15, 0.2) is 30.5 Å². The van der Waals surface area contributed by atoms with Gasteiger partial charge in [0.1, 0.15) is 0 Å². The minimum absolute atomic E-state index is 0.0312. The Bertz CT molecular complexity index is 641. The first kappa shape index (κ1) is 13.1. The third-order valence-corrected chi connectivity index (χ3v) is 2.65. The third-order valence-electron chi connectivity index (χ3n) is 2.65. The number of carboxylic acid groups (broad SMARTS) is 1. The number of halogens is 2. The minimum Gasteiger partial charge on any atom is -0.481 e. The van der Waals surface area contributed by atoms with Gasteiger partial charge in [0.25, 0.3) is 0 Å². The van der Waals surface area contributed by atoms with Gasteiger partial charge in [-0.25, -0.2) is 8.78 Å². The summed E-state index contributed by atoms with van der Waals surface area (Å²) in [4.78, 5) is 14.9. The lowest BCUT2D eigenvalue weighted by Gasteiger charge is -2.09. The van der Waals surface area contributed by atoms with E-state index in [1.54, 1.807) is 13.0 Å². The fourth-order valence-electron chi connectivity index (χ4n) is 1.86. The molecule has 0 amide bonds. The van der Waals surface area contributed by atoms with Crippen molar-refractivity contribution in [2.45, 2.75) is 13.3 Å². The van der Waals surface area contributed by atoms with E-state index in [0.29, 0.717) is 5.56 Å². The summed E-state index contributed by atoms with van der Waals surface area (Å²) in [6, 6.07) is 5.35. The predicted molar refractivity (Wildman–Crippen MR) is 65.7 cm³/mol. The number of hydrogen-bond donors (Lipinski definition) is 1. The summed E-state index contributed by atoms with van der Waals surface area (Å²) in [5.74, 6) is -3.06. The van der Waals surface area contributed by atoms with Crippen molar-refractivity contribution in [2.75, 3.05) is 0 Å². The van der Waals surface area contributed by atoms with Crippen molar-refractivity contribution < 1.29 is 18.7 Å². The van der Waals surface area contributed by atoms with E-state index in [1.165, 1.54) is 18.3 Å². The van der Waals surface area contributed by atoms with E-state index >= 15 is 0 Å². The fourth-order valence-corrected chi connectivity index (χ4v) is 1.86. The molecular weight excluding hydrogens is 252 g/mol. The summed E-state index contributed by atoms with van der Waals surface area (Å²) < 4.78 is 27.0. The Kier molecular flexibility index (Phi) is 3.55. The van der Waals surface area contributed by atoms with Gasteiger partial charge in [0, 0.05) is 11.8 Å². The molecule has 0 saturated heterocycles. The number of rotatable bonds is 3. The molecule has 0 aliphatic heterocycles. The molecule has 1 aromatic carbocycles. The number of aliphatic carboxylic acids is 1. The van der Waals surface area contributed by atoms with Gasteiger partial charge in [-0.1, -0.05) is 12.1 Å². The van der Waals surface area contributed by atoms with Crippen LogP contribution in [0.2, 0.25) is 0 Å². The van der Waals surface area contributed by atoms with E-state index in [-0.39, 0.29) is 17.7 Å². The number of nitrogens with zero attached hydrogens (tertiary/aromatic N) is 1. The second-order valence-electron chi connectivity index (χ2n) is 4.19. The smallest absolute Gasteiger partial charge is 0.307 e. The van der Waals surface area contributed by atoms with Crippen LogP contribution in [0, 0.1) is 18.6 Å². The molecule has 0 fully saturated rings. The predicted octanol–water partition coefficient (Wildman–Crippen LogP) is 2.96. The number of benzene rings is 1. The van der Waals surface area contributed by atoms with Crippen LogP contribution in [0.25, 0.3) is 11.3 Å². The first-order valence-corrected chi connectivity index (χ1v) is 5.60. The van der Waals surface area contributed by atoms with Crippen molar-refractivity contribution in [3.8, 4) is 11.3 Å². The van der Waals surface area contributed by atoms with Gasteiger partial charge in [0.15, 0.2) is 11.6 Å².